The third-order valence-corrected chi connectivity index (χ3v) is 4.26. The topological polar surface area (TPSA) is 41.9 Å². The molecule has 1 saturated heterocycles. The van der Waals surface area contributed by atoms with Crippen molar-refractivity contribution in [3.05, 3.63) is 28.3 Å². The monoisotopic (exact) mass is 297 g/mol. The van der Waals surface area contributed by atoms with Gasteiger partial charge in [-0.15, -0.1) is 0 Å². The maximum Gasteiger partial charge on any atom is 0.127 e. The van der Waals surface area contributed by atoms with Crippen LogP contribution in [0.25, 0.3) is 0 Å². The molecule has 0 aromatic heterocycles. The second kappa shape index (κ2) is 5.90. The Labute approximate surface area is 124 Å². The molecule has 110 valence electrons. The van der Waals surface area contributed by atoms with E-state index in [0.29, 0.717) is 12.6 Å². The van der Waals surface area contributed by atoms with Crippen molar-refractivity contribution in [2.24, 2.45) is 0 Å². The van der Waals surface area contributed by atoms with Gasteiger partial charge in [0, 0.05) is 36.1 Å². The van der Waals surface area contributed by atoms with E-state index >= 15 is 0 Å². The van der Waals surface area contributed by atoms with Crippen LogP contribution in [0.3, 0.4) is 0 Å². The van der Waals surface area contributed by atoms with E-state index in [4.69, 9.17) is 21.1 Å². The average molecular weight is 298 g/mol. The summed E-state index contributed by atoms with van der Waals surface area (Å²) in [5, 5.41) is 10.0. The van der Waals surface area contributed by atoms with Gasteiger partial charge in [-0.1, -0.05) is 11.6 Å². The van der Waals surface area contributed by atoms with E-state index in [1.807, 2.05) is 12.1 Å². The van der Waals surface area contributed by atoms with Crippen molar-refractivity contribution >= 4 is 11.6 Å². The summed E-state index contributed by atoms with van der Waals surface area (Å²) in [6, 6.07) is 4.31. The van der Waals surface area contributed by atoms with Crippen LogP contribution in [0.5, 0.6) is 5.75 Å². The summed E-state index contributed by atoms with van der Waals surface area (Å²) >= 11 is 6.20. The zero-order valence-corrected chi connectivity index (χ0v) is 12.4. The van der Waals surface area contributed by atoms with Gasteiger partial charge in [-0.3, -0.25) is 4.90 Å². The molecule has 2 aliphatic heterocycles. The van der Waals surface area contributed by atoms with Gasteiger partial charge in [0.05, 0.1) is 25.9 Å². The maximum atomic E-state index is 9.26. The number of ether oxygens (including phenoxy) is 2. The number of rotatable bonds is 3. The van der Waals surface area contributed by atoms with Gasteiger partial charge in [0.15, 0.2) is 0 Å². The highest BCUT2D eigenvalue weighted by Gasteiger charge is 2.27. The van der Waals surface area contributed by atoms with E-state index in [-0.39, 0.29) is 12.7 Å². The molecule has 0 bridgehead atoms. The number of hydrogen-bond acceptors (Lipinski definition) is 4. The lowest BCUT2D eigenvalue weighted by atomic mass is 10.1. The zero-order chi connectivity index (χ0) is 14.1. The molecule has 1 aromatic carbocycles. The molecular weight excluding hydrogens is 278 g/mol. The molecule has 5 heteroatoms. The normalized spacial score (nSPS) is 26.4. The van der Waals surface area contributed by atoms with Gasteiger partial charge in [0.25, 0.3) is 0 Å². The zero-order valence-electron chi connectivity index (χ0n) is 11.6. The molecule has 0 radical (unpaired) electrons. The van der Waals surface area contributed by atoms with Gasteiger partial charge in [-0.2, -0.15) is 0 Å². The van der Waals surface area contributed by atoms with Crippen LogP contribution in [-0.4, -0.2) is 48.5 Å². The smallest absolute Gasteiger partial charge is 0.127 e. The number of aliphatic hydroxyl groups is 1. The van der Waals surface area contributed by atoms with E-state index < -0.39 is 0 Å². The molecule has 20 heavy (non-hydrogen) atoms. The molecule has 0 aliphatic carbocycles. The molecule has 0 unspecified atom stereocenters. The Morgan fingerprint density at radius 2 is 2.30 bits per heavy atom. The van der Waals surface area contributed by atoms with Gasteiger partial charge < -0.3 is 14.6 Å². The molecule has 0 spiro atoms. The second-order valence-electron chi connectivity index (χ2n) is 5.57. The van der Waals surface area contributed by atoms with Crippen molar-refractivity contribution in [1.29, 1.82) is 0 Å². The lowest BCUT2D eigenvalue weighted by Gasteiger charge is -2.37. The van der Waals surface area contributed by atoms with Crippen molar-refractivity contribution in [3.63, 3.8) is 0 Å². The van der Waals surface area contributed by atoms with E-state index in [0.717, 1.165) is 42.5 Å². The second-order valence-corrected chi connectivity index (χ2v) is 6.00. The van der Waals surface area contributed by atoms with Crippen molar-refractivity contribution in [2.75, 3.05) is 26.4 Å². The molecule has 4 nitrogen and oxygen atoms in total. The van der Waals surface area contributed by atoms with E-state index in [1.165, 1.54) is 5.56 Å². The van der Waals surface area contributed by atoms with Crippen LogP contribution >= 0.6 is 11.6 Å². The number of benzene rings is 1. The van der Waals surface area contributed by atoms with Crippen molar-refractivity contribution < 1.29 is 14.6 Å². The quantitative estimate of drug-likeness (QED) is 0.925. The largest absolute Gasteiger partial charge is 0.493 e. The summed E-state index contributed by atoms with van der Waals surface area (Å²) < 4.78 is 11.3. The third-order valence-electron chi connectivity index (χ3n) is 4.04. The predicted molar refractivity (Wildman–Crippen MR) is 77.3 cm³/mol. The summed E-state index contributed by atoms with van der Waals surface area (Å²) in [5.74, 6) is 0.994. The fraction of sp³-hybridized carbons (Fsp3) is 0.600. The van der Waals surface area contributed by atoms with Gasteiger partial charge >= 0.3 is 0 Å². The highest BCUT2D eigenvalue weighted by molar-refractivity contribution is 6.30. The Morgan fingerprint density at radius 3 is 3.10 bits per heavy atom. The van der Waals surface area contributed by atoms with Crippen LogP contribution in [0, 0.1) is 0 Å². The highest BCUT2D eigenvalue weighted by Crippen LogP contribution is 2.34. The third kappa shape index (κ3) is 2.79. The molecule has 1 fully saturated rings. The average Bonchev–Trinajstić information content (AvgIpc) is 2.89. The highest BCUT2D eigenvalue weighted by atomic mass is 35.5. The number of morpholine rings is 1. The summed E-state index contributed by atoms with van der Waals surface area (Å²) in [5.41, 5.74) is 2.34. The molecule has 1 N–H and O–H groups in total. The molecule has 2 atom stereocenters. The predicted octanol–water partition coefficient (Wildman–Crippen LogP) is 1.86. The van der Waals surface area contributed by atoms with E-state index in [2.05, 4.69) is 11.8 Å². The number of fused-ring (bicyclic) bond motifs is 1. The Kier molecular flexibility index (Phi) is 4.17. The van der Waals surface area contributed by atoms with Crippen LogP contribution in [-0.2, 0) is 17.7 Å². The van der Waals surface area contributed by atoms with Crippen LogP contribution in [0.15, 0.2) is 12.1 Å². The lowest BCUT2D eigenvalue weighted by molar-refractivity contribution is -0.0806. The first-order valence-electron chi connectivity index (χ1n) is 7.08. The summed E-state index contributed by atoms with van der Waals surface area (Å²) in [7, 11) is 0. The van der Waals surface area contributed by atoms with E-state index in [1.54, 1.807) is 0 Å². The number of halogens is 1. The molecular formula is C15H20ClNO3. The van der Waals surface area contributed by atoms with Gasteiger partial charge in [-0.05, 0) is 24.6 Å². The molecule has 2 heterocycles. The standard InChI is InChI=1S/C15H20ClNO3/c1-10-9-20-14(8-18)7-17(10)6-12-5-13(16)4-11-2-3-19-15(11)12/h4-5,10,14,18H,2-3,6-9H2,1H3/t10-,14+/m0/s1. The summed E-state index contributed by atoms with van der Waals surface area (Å²) in [6.45, 7) is 5.10. The fourth-order valence-corrected chi connectivity index (χ4v) is 3.15. The molecule has 0 amide bonds. The maximum absolute atomic E-state index is 9.26. The van der Waals surface area contributed by atoms with Crippen LogP contribution in [0.4, 0.5) is 0 Å². The van der Waals surface area contributed by atoms with Gasteiger partial charge in [0.2, 0.25) is 0 Å². The SMILES string of the molecule is C[C@H]1CO[C@@H](CO)CN1Cc1cc(Cl)cc2c1OCC2. The molecule has 0 saturated carbocycles. The summed E-state index contributed by atoms with van der Waals surface area (Å²) in [4.78, 5) is 2.32. The first-order valence-corrected chi connectivity index (χ1v) is 7.45. The minimum Gasteiger partial charge on any atom is -0.493 e. The molecule has 1 aromatic rings. The Morgan fingerprint density at radius 1 is 1.45 bits per heavy atom. The Hall–Kier alpha value is -0.810. The van der Waals surface area contributed by atoms with Crippen LogP contribution in [0.1, 0.15) is 18.1 Å². The Bertz CT molecular complexity index is 494. The Balaban J connectivity index is 1.80. The number of hydrogen-bond donors (Lipinski definition) is 1. The minimum atomic E-state index is -0.0978. The van der Waals surface area contributed by atoms with Gasteiger partial charge in [-0.25, -0.2) is 0 Å². The minimum absolute atomic E-state index is 0.0629. The van der Waals surface area contributed by atoms with Crippen molar-refractivity contribution in [3.8, 4) is 5.75 Å². The summed E-state index contributed by atoms with van der Waals surface area (Å²) in [6.07, 6.45) is 0.834. The van der Waals surface area contributed by atoms with Crippen molar-refractivity contribution in [1.82, 2.24) is 4.90 Å². The first-order chi connectivity index (χ1) is 9.67. The first kappa shape index (κ1) is 14.1. The van der Waals surface area contributed by atoms with Gasteiger partial charge in [0.1, 0.15) is 5.75 Å². The van der Waals surface area contributed by atoms with E-state index in [9.17, 15) is 5.11 Å². The van der Waals surface area contributed by atoms with Crippen molar-refractivity contribution in [2.45, 2.75) is 32.0 Å². The molecule has 3 rings (SSSR count). The molecule has 2 aliphatic rings. The van der Waals surface area contributed by atoms with Crippen LogP contribution in [0.2, 0.25) is 5.02 Å². The van der Waals surface area contributed by atoms with Crippen LogP contribution < -0.4 is 4.74 Å². The fourth-order valence-electron chi connectivity index (χ4n) is 2.89. The lowest BCUT2D eigenvalue weighted by Crippen LogP contribution is -2.48. The number of nitrogens with zero attached hydrogens (tertiary/aromatic N) is 1. The number of aliphatic hydroxyl groups excluding tert-OH is 1.